The fraction of sp³-hybridized carbons (Fsp3) is 0.737. The van der Waals surface area contributed by atoms with Crippen molar-refractivity contribution in [1.29, 1.82) is 0 Å². The van der Waals surface area contributed by atoms with Crippen molar-refractivity contribution in [3.05, 3.63) is 18.1 Å². The van der Waals surface area contributed by atoms with E-state index in [4.69, 9.17) is 9.47 Å². The summed E-state index contributed by atoms with van der Waals surface area (Å²) in [5, 5.41) is 0. The Kier molecular flexibility index (Phi) is 6.09. The lowest BCUT2D eigenvalue weighted by Crippen LogP contribution is -2.66. The Balaban J connectivity index is 1.40. The van der Waals surface area contributed by atoms with Gasteiger partial charge in [0.1, 0.15) is 5.60 Å². The average Bonchev–Trinajstić information content (AvgIpc) is 2.58. The molecule has 0 unspecified atom stereocenters. The normalized spacial score (nSPS) is 21.7. The van der Waals surface area contributed by atoms with Crippen molar-refractivity contribution >= 4 is 5.91 Å². The van der Waals surface area contributed by atoms with E-state index in [9.17, 15) is 4.79 Å². The molecule has 0 aliphatic carbocycles. The highest BCUT2D eigenvalue weighted by molar-refractivity contribution is 5.77. The van der Waals surface area contributed by atoms with Crippen molar-refractivity contribution < 1.29 is 14.3 Å². The van der Waals surface area contributed by atoms with Crippen LogP contribution in [0.2, 0.25) is 0 Å². The van der Waals surface area contributed by atoms with Crippen LogP contribution in [0.25, 0.3) is 0 Å². The van der Waals surface area contributed by atoms with Crippen LogP contribution >= 0.6 is 0 Å². The molecule has 3 heterocycles. The fourth-order valence-corrected chi connectivity index (χ4v) is 3.74. The lowest BCUT2D eigenvalue weighted by atomic mass is 9.79. The van der Waals surface area contributed by atoms with Crippen LogP contribution in [-0.2, 0) is 9.53 Å². The first kappa shape index (κ1) is 19.0. The molecule has 2 fully saturated rings. The van der Waals surface area contributed by atoms with Crippen LogP contribution < -0.4 is 4.74 Å². The maximum absolute atomic E-state index is 12.2. The average molecular weight is 362 g/mol. The first-order valence-electron chi connectivity index (χ1n) is 9.44. The minimum atomic E-state index is -0.125. The van der Waals surface area contributed by atoms with Gasteiger partial charge in [0, 0.05) is 25.8 Å². The zero-order valence-corrected chi connectivity index (χ0v) is 16.1. The van der Waals surface area contributed by atoms with E-state index in [-0.39, 0.29) is 11.5 Å². The zero-order valence-electron chi connectivity index (χ0n) is 16.1. The lowest BCUT2D eigenvalue weighted by molar-refractivity contribution is -0.189. The number of carbonyl (C=O) groups excluding carboxylic acids is 1. The van der Waals surface area contributed by atoms with E-state index in [1.165, 1.54) is 0 Å². The monoisotopic (exact) mass is 362 g/mol. The molecule has 0 N–H and O–H groups in total. The number of hydrogen-bond acceptors (Lipinski definition) is 6. The topological polar surface area (TPSA) is 67.8 Å². The standard InChI is InChI=1S/C19H30N4O3/c1-15-11-20-12-17(21-15)25-8-5-16-6-9-26-19(10-16)13-23(14-19)18(24)4-7-22(2)3/h11-12,16H,4-10,13-14H2,1-3H3/t16-/m0/s1. The molecule has 0 saturated carbocycles. The third kappa shape index (κ3) is 4.92. The van der Waals surface area contributed by atoms with Gasteiger partial charge in [0.2, 0.25) is 11.8 Å². The molecule has 1 spiro atoms. The number of nitrogens with zero attached hydrogens (tertiary/aromatic N) is 4. The van der Waals surface area contributed by atoms with Crippen LogP contribution in [0.15, 0.2) is 12.4 Å². The van der Waals surface area contributed by atoms with Gasteiger partial charge >= 0.3 is 0 Å². The number of aromatic nitrogens is 2. The molecular formula is C19H30N4O3. The van der Waals surface area contributed by atoms with E-state index in [0.717, 1.165) is 51.2 Å². The van der Waals surface area contributed by atoms with Gasteiger partial charge in [-0.1, -0.05) is 0 Å². The van der Waals surface area contributed by atoms with Gasteiger partial charge in [0.05, 0.1) is 31.6 Å². The first-order valence-corrected chi connectivity index (χ1v) is 9.44. The van der Waals surface area contributed by atoms with Crippen molar-refractivity contribution in [2.24, 2.45) is 5.92 Å². The molecule has 2 aliphatic rings. The second-order valence-corrected chi connectivity index (χ2v) is 7.83. The van der Waals surface area contributed by atoms with E-state index in [2.05, 4.69) is 9.97 Å². The maximum Gasteiger partial charge on any atom is 0.232 e. The van der Waals surface area contributed by atoms with Gasteiger partial charge in [-0.3, -0.25) is 9.78 Å². The summed E-state index contributed by atoms with van der Waals surface area (Å²) in [5.74, 6) is 1.39. The molecule has 2 saturated heterocycles. The summed E-state index contributed by atoms with van der Waals surface area (Å²) in [6, 6.07) is 0. The Labute approximate surface area is 155 Å². The maximum atomic E-state index is 12.2. The molecular weight excluding hydrogens is 332 g/mol. The van der Waals surface area contributed by atoms with E-state index in [1.807, 2.05) is 30.8 Å². The first-order chi connectivity index (χ1) is 12.5. The van der Waals surface area contributed by atoms with Gasteiger partial charge in [0.25, 0.3) is 0 Å². The van der Waals surface area contributed by atoms with Gasteiger partial charge < -0.3 is 19.3 Å². The second-order valence-electron chi connectivity index (χ2n) is 7.83. The molecule has 7 heteroatoms. The Morgan fingerprint density at radius 1 is 1.42 bits per heavy atom. The summed E-state index contributed by atoms with van der Waals surface area (Å²) in [5.41, 5.74) is 0.737. The Morgan fingerprint density at radius 3 is 2.96 bits per heavy atom. The number of hydrogen-bond donors (Lipinski definition) is 0. The molecule has 0 aromatic carbocycles. The van der Waals surface area contributed by atoms with E-state index >= 15 is 0 Å². The summed E-state index contributed by atoms with van der Waals surface area (Å²) in [7, 11) is 3.98. The van der Waals surface area contributed by atoms with Crippen LogP contribution in [0.5, 0.6) is 5.88 Å². The van der Waals surface area contributed by atoms with Crippen LogP contribution in [-0.4, -0.2) is 78.2 Å². The molecule has 1 atom stereocenters. The number of aryl methyl sites for hydroxylation is 1. The van der Waals surface area contributed by atoms with E-state index in [1.54, 1.807) is 12.4 Å². The Bertz CT molecular complexity index is 617. The molecule has 0 radical (unpaired) electrons. The molecule has 1 aromatic heterocycles. The number of likely N-dealkylation sites (tertiary alicyclic amines) is 1. The smallest absolute Gasteiger partial charge is 0.232 e. The minimum absolute atomic E-state index is 0.125. The second kappa shape index (κ2) is 8.31. The summed E-state index contributed by atoms with van der Waals surface area (Å²) < 4.78 is 11.8. The van der Waals surface area contributed by atoms with Crippen LogP contribution in [0, 0.1) is 12.8 Å². The SMILES string of the molecule is Cc1cncc(OCC[C@H]2CCOC3(C2)CN(C(=O)CCN(C)C)C3)n1. The van der Waals surface area contributed by atoms with E-state index < -0.39 is 0 Å². The number of ether oxygens (including phenoxy) is 2. The Morgan fingerprint density at radius 2 is 2.23 bits per heavy atom. The molecule has 1 aromatic rings. The molecule has 3 rings (SSSR count). The third-order valence-electron chi connectivity index (χ3n) is 5.19. The minimum Gasteiger partial charge on any atom is -0.477 e. The van der Waals surface area contributed by atoms with Crippen molar-refractivity contribution in [3.63, 3.8) is 0 Å². The van der Waals surface area contributed by atoms with Crippen LogP contribution in [0.4, 0.5) is 0 Å². The van der Waals surface area contributed by atoms with Crippen molar-refractivity contribution in [1.82, 2.24) is 19.8 Å². The van der Waals surface area contributed by atoms with Gasteiger partial charge in [-0.25, -0.2) is 4.98 Å². The quantitative estimate of drug-likeness (QED) is 0.732. The summed E-state index contributed by atoms with van der Waals surface area (Å²) in [6.07, 6.45) is 7.00. The van der Waals surface area contributed by atoms with Crippen molar-refractivity contribution in [2.45, 2.75) is 38.2 Å². The van der Waals surface area contributed by atoms with Gasteiger partial charge in [-0.2, -0.15) is 0 Å². The molecule has 1 amide bonds. The third-order valence-corrected chi connectivity index (χ3v) is 5.19. The molecule has 7 nitrogen and oxygen atoms in total. The van der Waals surface area contributed by atoms with Crippen molar-refractivity contribution in [3.8, 4) is 5.88 Å². The van der Waals surface area contributed by atoms with Gasteiger partial charge in [0.15, 0.2) is 0 Å². The summed E-state index contributed by atoms with van der Waals surface area (Å²) in [4.78, 5) is 24.6. The lowest BCUT2D eigenvalue weighted by Gasteiger charge is -2.53. The molecule has 144 valence electrons. The van der Waals surface area contributed by atoms with Gasteiger partial charge in [-0.05, 0) is 46.2 Å². The van der Waals surface area contributed by atoms with Crippen LogP contribution in [0.3, 0.4) is 0 Å². The van der Waals surface area contributed by atoms with E-state index in [0.29, 0.717) is 24.8 Å². The number of carbonyl (C=O) groups is 1. The highest BCUT2D eigenvalue weighted by Gasteiger charge is 2.48. The summed E-state index contributed by atoms with van der Waals surface area (Å²) in [6.45, 7) is 5.59. The predicted molar refractivity (Wildman–Crippen MR) is 98.0 cm³/mol. The molecule has 0 bridgehead atoms. The zero-order chi connectivity index (χ0) is 18.6. The molecule has 26 heavy (non-hydrogen) atoms. The highest BCUT2D eigenvalue weighted by Crippen LogP contribution is 2.38. The van der Waals surface area contributed by atoms with Crippen LogP contribution in [0.1, 0.15) is 31.4 Å². The van der Waals surface area contributed by atoms with Crippen molar-refractivity contribution in [2.75, 3.05) is 46.9 Å². The summed E-state index contributed by atoms with van der Waals surface area (Å²) >= 11 is 0. The highest BCUT2D eigenvalue weighted by atomic mass is 16.5. The number of amides is 1. The predicted octanol–water partition coefficient (Wildman–Crippen LogP) is 1.51. The fourth-order valence-electron chi connectivity index (χ4n) is 3.74. The largest absolute Gasteiger partial charge is 0.477 e. The van der Waals surface area contributed by atoms with Gasteiger partial charge in [-0.15, -0.1) is 0 Å². The number of rotatable bonds is 7. The Hall–Kier alpha value is -1.73. The molecule has 2 aliphatic heterocycles.